The van der Waals surface area contributed by atoms with E-state index < -0.39 is 15.8 Å². The summed E-state index contributed by atoms with van der Waals surface area (Å²) in [5.41, 5.74) is 1.85. The SMILES string of the molecule is Cc1nc2c(cnn2C(C)C)cc1C(=O)N1CCCN(S(=O)(=O)c2ccc(F)cc2)CC1. The average Bonchev–Trinajstić information content (AvgIpc) is 2.99. The number of benzene rings is 1. The minimum atomic E-state index is -3.75. The van der Waals surface area contributed by atoms with Crippen molar-refractivity contribution in [2.75, 3.05) is 26.2 Å². The highest BCUT2D eigenvalue weighted by atomic mass is 32.2. The van der Waals surface area contributed by atoms with Gasteiger partial charge in [-0.15, -0.1) is 0 Å². The lowest BCUT2D eigenvalue weighted by Crippen LogP contribution is -2.37. The second kappa shape index (κ2) is 8.59. The van der Waals surface area contributed by atoms with Gasteiger partial charge < -0.3 is 4.90 Å². The Bertz CT molecular complexity index is 1250. The zero-order chi connectivity index (χ0) is 23.0. The molecular formula is C22H26FN5O3S. The first kappa shape index (κ1) is 22.3. The third-order valence-electron chi connectivity index (χ3n) is 5.67. The van der Waals surface area contributed by atoms with Crippen molar-refractivity contribution in [2.45, 2.75) is 38.1 Å². The van der Waals surface area contributed by atoms with Crippen LogP contribution in [0.4, 0.5) is 4.39 Å². The van der Waals surface area contributed by atoms with Crippen molar-refractivity contribution in [1.29, 1.82) is 0 Å². The molecule has 3 heterocycles. The van der Waals surface area contributed by atoms with E-state index in [4.69, 9.17) is 0 Å². The van der Waals surface area contributed by atoms with Crippen molar-refractivity contribution in [2.24, 2.45) is 0 Å². The molecule has 0 radical (unpaired) electrons. The Kier molecular flexibility index (Phi) is 6.00. The van der Waals surface area contributed by atoms with Crippen LogP contribution >= 0.6 is 0 Å². The quantitative estimate of drug-likeness (QED) is 0.599. The van der Waals surface area contributed by atoms with E-state index in [1.165, 1.54) is 16.4 Å². The highest BCUT2D eigenvalue weighted by molar-refractivity contribution is 7.89. The van der Waals surface area contributed by atoms with Crippen LogP contribution in [0.3, 0.4) is 0 Å². The fraction of sp³-hybridized carbons (Fsp3) is 0.409. The van der Waals surface area contributed by atoms with Crippen LogP contribution in [0, 0.1) is 12.7 Å². The third kappa shape index (κ3) is 4.12. The summed E-state index contributed by atoms with van der Waals surface area (Å²) in [5.74, 6) is -0.660. The van der Waals surface area contributed by atoms with Gasteiger partial charge in [0.15, 0.2) is 5.65 Å². The summed E-state index contributed by atoms with van der Waals surface area (Å²) in [7, 11) is -3.75. The van der Waals surface area contributed by atoms with Gasteiger partial charge in [0.2, 0.25) is 10.0 Å². The van der Waals surface area contributed by atoms with Crippen LogP contribution in [-0.2, 0) is 10.0 Å². The standard InChI is InChI=1S/C22H26FN5O3S/c1-15(2)28-21-17(14-24-28)13-20(16(3)25-21)22(29)26-9-4-10-27(12-11-26)32(30,31)19-7-5-18(23)6-8-19/h5-8,13-15H,4,9-12H2,1-3H3. The lowest BCUT2D eigenvalue weighted by atomic mass is 10.1. The summed E-state index contributed by atoms with van der Waals surface area (Å²) in [4.78, 5) is 19.6. The summed E-state index contributed by atoms with van der Waals surface area (Å²) in [6.07, 6.45) is 2.21. The highest BCUT2D eigenvalue weighted by Gasteiger charge is 2.29. The third-order valence-corrected chi connectivity index (χ3v) is 7.59. The zero-order valence-electron chi connectivity index (χ0n) is 18.3. The molecule has 0 N–H and O–H groups in total. The Labute approximate surface area is 186 Å². The number of rotatable bonds is 4. The Morgan fingerprint density at radius 1 is 1.09 bits per heavy atom. The maximum atomic E-state index is 13.3. The molecule has 0 atom stereocenters. The summed E-state index contributed by atoms with van der Waals surface area (Å²) in [6, 6.07) is 6.76. The monoisotopic (exact) mass is 459 g/mol. The summed E-state index contributed by atoms with van der Waals surface area (Å²) in [5, 5.41) is 5.16. The molecule has 32 heavy (non-hydrogen) atoms. The van der Waals surface area contributed by atoms with Crippen molar-refractivity contribution >= 4 is 27.0 Å². The number of fused-ring (bicyclic) bond motifs is 1. The first-order valence-electron chi connectivity index (χ1n) is 10.6. The molecule has 1 aromatic carbocycles. The van der Waals surface area contributed by atoms with Crippen LogP contribution in [0.1, 0.15) is 42.4 Å². The molecule has 4 rings (SSSR count). The second-order valence-electron chi connectivity index (χ2n) is 8.22. The second-order valence-corrected chi connectivity index (χ2v) is 10.2. The largest absolute Gasteiger partial charge is 0.337 e. The molecular weight excluding hydrogens is 433 g/mol. The van der Waals surface area contributed by atoms with Crippen molar-refractivity contribution < 1.29 is 17.6 Å². The molecule has 1 fully saturated rings. The van der Waals surface area contributed by atoms with Gasteiger partial charge in [0.25, 0.3) is 5.91 Å². The first-order chi connectivity index (χ1) is 15.2. The van der Waals surface area contributed by atoms with Crippen LogP contribution in [0.5, 0.6) is 0 Å². The van der Waals surface area contributed by atoms with Gasteiger partial charge in [-0.25, -0.2) is 22.5 Å². The van der Waals surface area contributed by atoms with Crippen molar-refractivity contribution in [1.82, 2.24) is 24.0 Å². The van der Waals surface area contributed by atoms with Crippen molar-refractivity contribution in [3.05, 3.63) is 53.6 Å². The minimum absolute atomic E-state index is 0.0475. The molecule has 0 aliphatic carbocycles. The molecule has 1 saturated heterocycles. The molecule has 0 unspecified atom stereocenters. The number of aryl methyl sites for hydroxylation is 1. The van der Waals surface area contributed by atoms with Gasteiger partial charge in [0.05, 0.1) is 22.3 Å². The number of halogens is 1. The lowest BCUT2D eigenvalue weighted by molar-refractivity contribution is 0.0763. The van der Waals surface area contributed by atoms with E-state index in [0.29, 0.717) is 30.8 Å². The van der Waals surface area contributed by atoms with E-state index in [9.17, 15) is 17.6 Å². The maximum Gasteiger partial charge on any atom is 0.255 e. The molecule has 3 aromatic rings. The highest BCUT2D eigenvalue weighted by Crippen LogP contribution is 2.22. The van der Waals surface area contributed by atoms with Gasteiger partial charge in [0, 0.05) is 37.6 Å². The molecule has 8 nitrogen and oxygen atoms in total. The Morgan fingerprint density at radius 2 is 1.81 bits per heavy atom. The number of amides is 1. The number of hydrogen-bond donors (Lipinski definition) is 0. The van der Waals surface area contributed by atoms with Gasteiger partial charge in [-0.05, 0) is 57.5 Å². The fourth-order valence-electron chi connectivity index (χ4n) is 3.92. The van der Waals surface area contributed by atoms with E-state index in [-0.39, 0.29) is 29.9 Å². The van der Waals surface area contributed by atoms with E-state index in [1.54, 1.807) is 18.0 Å². The predicted molar refractivity (Wildman–Crippen MR) is 118 cm³/mol. The summed E-state index contributed by atoms with van der Waals surface area (Å²) < 4.78 is 42.2. The van der Waals surface area contributed by atoms with Crippen LogP contribution in [0.25, 0.3) is 11.0 Å². The number of aromatic nitrogens is 3. The number of nitrogens with zero attached hydrogens (tertiary/aromatic N) is 5. The van der Waals surface area contributed by atoms with E-state index in [0.717, 1.165) is 23.2 Å². The molecule has 170 valence electrons. The summed E-state index contributed by atoms with van der Waals surface area (Å²) in [6.45, 7) is 7.01. The van der Waals surface area contributed by atoms with Crippen LogP contribution in [0.2, 0.25) is 0 Å². The lowest BCUT2D eigenvalue weighted by Gasteiger charge is -2.22. The minimum Gasteiger partial charge on any atom is -0.337 e. The molecule has 0 bridgehead atoms. The van der Waals surface area contributed by atoms with Crippen molar-refractivity contribution in [3.8, 4) is 0 Å². The van der Waals surface area contributed by atoms with Crippen LogP contribution < -0.4 is 0 Å². The normalized spacial score (nSPS) is 16.0. The number of carbonyl (C=O) groups excluding carboxylic acids is 1. The van der Waals surface area contributed by atoms with Gasteiger partial charge >= 0.3 is 0 Å². The zero-order valence-corrected chi connectivity index (χ0v) is 19.1. The van der Waals surface area contributed by atoms with Gasteiger partial charge in [-0.1, -0.05) is 0 Å². The van der Waals surface area contributed by atoms with Crippen LogP contribution in [0.15, 0.2) is 41.4 Å². The van der Waals surface area contributed by atoms with Gasteiger partial charge in [0.1, 0.15) is 5.82 Å². The Balaban J connectivity index is 1.54. The Morgan fingerprint density at radius 3 is 2.50 bits per heavy atom. The van der Waals surface area contributed by atoms with E-state index >= 15 is 0 Å². The van der Waals surface area contributed by atoms with Gasteiger partial charge in [-0.2, -0.15) is 9.40 Å². The maximum absolute atomic E-state index is 13.3. The van der Waals surface area contributed by atoms with Crippen molar-refractivity contribution in [3.63, 3.8) is 0 Å². The number of pyridine rings is 1. The molecule has 2 aromatic heterocycles. The molecule has 0 spiro atoms. The molecule has 0 saturated carbocycles. The molecule has 1 amide bonds. The Hall–Kier alpha value is -2.85. The van der Waals surface area contributed by atoms with E-state index in [2.05, 4.69) is 10.1 Å². The van der Waals surface area contributed by atoms with E-state index in [1.807, 2.05) is 24.6 Å². The predicted octanol–water partition coefficient (Wildman–Crippen LogP) is 3.00. The average molecular weight is 460 g/mol. The fourth-order valence-corrected chi connectivity index (χ4v) is 5.39. The summed E-state index contributed by atoms with van der Waals surface area (Å²) >= 11 is 0. The first-order valence-corrected chi connectivity index (χ1v) is 12.0. The number of carbonyl (C=O) groups is 1. The van der Waals surface area contributed by atoms with Crippen LogP contribution in [-0.4, -0.2) is 64.5 Å². The van der Waals surface area contributed by atoms with Gasteiger partial charge in [-0.3, -0.25) is 4.79 Å². The smallest absolute Gasteiger partial charge is 0.255 e. The number of hydrogen-bond acceptors (Lipinski definition) is 5. The topological polar surface area (TPSA) is 88.4 Å². The number of sulfonamides is 1. The molecule has 1 aliphatic rings. The molecule has 10 heteroatoms. The molecule has 1 aliphatic heterocycles.